The van der Waals surface area contributed by atoms with Crippen LogP contribution in [0.3, 0.4) is 0 Å². The number of carboxylic acid groups (broad SMARTS) is 1. The van der Waals surface area contributed by atoms with Gasteiger partial charge in [0.25, 0.3) is 5.91 Å². The first-order chi connectivity index (χ1) is 9.02. The number of carboxylic acids is 1. The molecule has 0 aliphatic heterocycles. The van der Waals surface area contributed by atoms with Crippen LogP contribution in [0.1, 0.15) is 22.8 Å². The van der Waals surface area contributed by atoms with Crippen LogP contribution in [0.25, 0.3) is 6.08 Å². The van der Waals surface area contributed by atoms with E-state index in [4.69, 9.17) is 9.84 Å². The molecule has 0 aliphatic carbocycles. The number of carbonyl (C=O) groups excluding carboxylic acids is 1. The predicted octanol–water partition coefficient (Wildman–Crippen LogP) is 1.55. The zero-order valence-electron chi connectivity index (χ0n) is 10.9. The minimum atomic E-state index is -1.02. The minimum Gasteiger partial charge on any atom is -0.478 e. The first-order valence-corrected chi connectivity index (χ1v) is 5.85. The number of amides is 1. The van der Waals surface area contributed by atoms with E-state index in [1.807, 2.05) is 6.92 Å². The van der Waals surface area contributed by atoms with Crippen molar-refractivity contribution in [1.82, 2.24) is 5.32 Å². The standard InChI is InChI=1S/C14H17NO4/c1-10(19-2)9-15-14(18)12-5-3-4-11(8-12)6-7-13(16)17/h3-8,10H,9H2,1-2H3,(H,15,18)(H,16,17)/b7-6+. The molecule has 0 fully saturated rings. The van der Waals surface area contributed by atoms with Gasteiger partial charge in [0, 0.05) is 25.3 Å². The first kappa shape index (κ1) is 14.9. The molecule has 0 spiro atoms. The highest BCUT2D eigenvalue weighted by Gasteiger charge is 2.07. The highest BCUT2D eigenvalue weighted by molar-refractivity contribution is 5.95. The highest BCUT2D eigenvalue weighted by atomic mass is 16.5. The van der Waals surface area contributed by atoms with E-state index in [1.165, 1.54) is 6.08 Å². The zero-order chi connectivity index (χ0) is 14.3. The van der Waals surface area contributed by atoms with E-state index >= 15 is 0 Å². The lowest BCUT2D eigenvalue weighted by molar-refractivity contribution is -0.131. The molecule has 1 rings (SSSR count). The van der Waals surface area contributed by atoms with Crippen molar-refractivity contribution in [1.29, 1.82) is 0 Å². The monoisotopic (exact) mass is 263 g/mol. The predicted molar refractivity (Wildman–Crippen MR) is 71.9 cm³/mol. The number of methoxy groups -OCH3 is 1. The smallest absolute Gasteiger partial charge is 0.328 e. The van der Waals surface area contributed by atoms with E-state index < -0.39 is 5.97 Å². The molecule has 1 amide bonds. The Hall–Kier alpha value is -2.14. The van der Waals surface area contributed by atoms with Crippen LogP contribution in [-0.2, 0) is 9.53 Å². The molecular formula is C14H17NO4. The van der Waals surface area contributed by atoms with Gasteiger partial charge in [-0.25, -0.2) is 4.79 Å². The van der Waals surface area contributed by atoms with Crippen LogP contribution in [0.4, 0.5) is 0 Å². The molecule has 19 heavy (non-hydrogen) atoms. The van der Waals surface area contributed by atoms with Gasteiger partial charge in [-0.05, 0) is 30.7 Å². The van der Waals surface area contributed by atoms with E-state index in [9.17, 15) is 9.59 Å². The maximum atomic E-state index is 11.8. The fraction of sp³-hybridized carbons (Fsp3) is 0.286. The summed E-state index contributed by atoms with van der Waals surface area (Å²) < 4.78 is 5.03. The van der Waals surface area contributed by atoms with Crippen molar-refractivity contribution in [3.05, 3.63) is 41.5 Å². The lowest BCUT2D eigenvalue weighted by atomic mass is 10.1. The number of benzene rings is 1. The lowest BCUT2D eigenvalue weighted by Gasteiger charge is -2.10. The van der Waals surface area contributed by atoms with Crippen LogP contribution >= 0.6 is 0 Å². The summed E-state index contributed by atoms with van der Waals surface area (Å²) in [6.07, 6.45) is 2.42. The molecule has 0 aliphatic rings. The number of hydrogen-bond acceptors (Lipinski definition) is 3. The molecule has 5 nitrogen and oxygen atoms in total. The summed E-state index contributed by atoms with van der Waals surface area (Å²) >= 11 is 0. The van der Waals surface area contributed by atoms with Crippen LogP contribution < -0.4 is 5.32 Å². The Balaban J connectivity index is 2.70. The second-order valence-electron chi connectivity index (χ2n) is 4.05. The number of aliphatic carboxylic acids is 1. The molecule has 0 radical (unpaired) electrons. The molecular weight excluding hydrogens is 246 g/mol. The average Bonchev–Trinajstić information content (AvgIpc) is 2.42. The first-order valence-electron chi connectivity index (χ1n) is 5.85. The van der Waals surface area contributed by atoms with Gasteiger partial charge < -0.3 is 15.2 Å². The van der Waals surface area contributed by atoms with Crippen LogP contribution in [0.2, 0.25) is 0 Å². The molecule has 0 heterocycles. The number of carbonyl (C=O) groups is 2. The third kappa shape index (κ3) is 5.35. The van der Waals surface area contributed by atoms with Gasteiger partial charge in [0.05, 0.1) is 6.10 Å². The van der Waals surface area contributed by atoms with Crippen molar-refractivity contribution in [3.8, 4) is 0 Å². The van der Waals surface area contributed by atoms with E-state index in [0.29, 0.717) is 17.7 Å². The summed E-state index contributed by atoms with van der Waals surface area (Å²) in [7, 11) is 1.58. The molecule has 1 unspecified atom stereocenters. The van der Waals surface area contributed by atoms with Crippen LogP contribution in [0, 0.1) is 0 Å². The minimum absolute atomic E-state index is 0.0564. The summed E-state index contributed by atoms with van der Waals surface area (Å²) in [5.41, 5.74) is 1.14. The van der Waals surface area contributed by atoms with Gasteiger partial charge in [0.2, 0.25) is 0 Å². The SMILES string of the molecule is COC(C)CNC(=O)c1cccc(/C=C/C(=O)O)c1. The molecule has 0 saturated carbocycles. The van der Waals surface area contributed by atoms with E-state index in [1.54, 1.807) is 31.4 Å². The Kier molecular flexibility index (Phi) is 5.75. The Morgan fingerprint density at radius 3 is 2.84 bits per heavy atom. The van der Waals surface area contributed by atoms with Crippen molar-refractivity contribution in [2.24, 2.45) is 0 Å². The van der Waals surface area contributed by atoms with Crippen LogP contribution in [0.5, 0.6) is 0 Å². The van der Waals surface area contributed by atoms with E-state index in [-0.39, 0.29) is 12.0 Å². The van der Waals surface area contributed by atoms with Gasteiger partial charge in [-0.2, -0.15) is 0 Å². The Morgan fingerprint density at radius 2 is 2.21 bits per heavy atom. The molecule has 0 bridgehead atoms. The van der Waals surface area contributed by atoms with Gasteiger partial charge in [0.15, 0.2) is 0 Å². The van der Waals surface area contributed by atoms with Crippen LogP contribution in [0.15, 0.2) is 30.3 Å². The molecule has 0 aromatic heterocycles. The number of rotatable bonds is 6. The second-order valence-corrected chi connectivity index (χ2v) is 4.05. The normalized spacial score (nSPS) is 12.3. The fourth-order valence-corrected chi connectivity index (χ4v) is 1.37. The van der Waals surface area contributed by atoms with Crippen molar-refractivity contribution in [2.75, 3.05) is 13.7 Å². The topological polar surface area (TPSA) is 75.6 Å². The molecule has 0 saturated heterocycles. The number of nitrogens with one attached hydrogen (secondary N) is 1. The van der Waals surface area contributed by atoms with Crippen molar-refractivity contribution < 1.29 is 19.4 Å². The van der Waals surface area contributed by atoms with E-state index in [0.717, 1.165) is 6.08 Å². The van der Waals surface area contributed by atoms with Crippen molar-refractivity contribution in [2.45, 2.75) is 13.0 Å². The summed E-state index contributed by atoms with van der Waals surface area (Å²) in [5.74, 6) is -1.24. The lowest BCUT2D eigenvalue weighted by Crippen LogP contribution is -2.31. The molecule has 2 N–H and O–H groups in total. The molecule has 5 heteroatoms. The molecule has 1 atom stereocenters. The van der Waals surface area contributed by atoms with Gasteiger partial charge >= 0.3 is 5.97 Å². The zero-order valence-corrected chi connectivity index (χ0v) is 10.9. The highest BCUT2D eigenvalue weighted by Crippen LogP contribution is 2.07. The second kappa shape index (κ2) is 7.33. The Bertz CT molecular complexity index is 482. The molecule has 102 valence electrons. The maximum absolute atomic E-state index is 11.8. The van der Waals surface area contributed by atoms with Gasteiger partial charge in [-0.3, -0.25) is 4.79 Å². The fourth-order valence-electron chi connectivity index (χ4n) is 1.37. The summed E-state index contributed by atoms with van der Waals surface area (Å²) in [6, 6.07) is 6.74. The van der Waals surface area contributed by atoms with Crippen molar-refractivity contribution in [3.63, 3.8) is 0 Å². The average molecular weight is 263 g/mol. The third-order valence-electron chi connectivity index (χ3n) is 2.52. The molecule has 1 aromatic rings. The summed E-state index contributed by atoms with van der Waals surface area (Å²) in [4.78, 5) is 22.3. The van der Waals surface area contributed by atoms with Gasteiger partial charge in [0.1, 0.15) is 0 Å². The number of ether oxygens (including phenoxy) is 1. The van der Waals surface area contributed by atoms with Gasteiger partial charge in [-0.1, -0.05) is 12.1 Å². The van der Waals surface area contributed by atoms with E-state index in [2.05, 4.69) is 5.32 Å². The summed E-state index contributed by atoms with van der Waals surface area (Å²) in [6.45, 7) is 2.27. The van der Waals surface area contributed by atoms with Gasteiger partial charge in [-0.15, -0.1) is 0 Å². The summed E-state index contributed by atoms with van der Waals surface area (Å²) in [5, 5.41) is 11.3. The number of hydrogen-bond donors (Lipinski definition) is 2. The van der Waals surface area contributed by atoms with Crippen LogP contribution in [-0.4, -0.2) is 36.7 Å². The maximum Gasteiger partial charge on any atom is 0.328 e. The Morgan fingerprint density at radius 1 is 1.47 bits per heavy atom. The quantitative estimate of drug-likeness (QED) is 0.763. The third-order valence-corrected chi connectivity index (χ3v) is 2.52. The largest absolute Gasteiger partial charge is 0.478 e. The molecule has 1 aromatic carbocycles. The Labute approximate surface area is 111 Å². The van der Waals surface area contributed by atoms with Crippen molar-refractivity contribution >= 4 is 18.0 Å².